The second-order valence-corrected chi connectivity index (χ2v) is 2.49. The predicted octanol–water partition coefficient (Wildman–Crippen LogP) is 1.80. The lowest BCUT2D eigenvalue weighted by molar-refractivity contribution is -0.104. The predicted molar refractivity (Wildman–Crippen MR) is 55.1 cm³/mol. The lowest BCUT2D eigenvalue weighted by Gasteiger charge is -1.97. The molecule has 0 atom stereocenters. The Bertz CT molecular complexity index is 377. The van der Waals surface area contributed by atoms with Crippen molar-refractivity contribution < 1.29 is 9.53 Å². The fourth-order valence-electron chi connectivity index (χ4n) is 0.887. The van der Waals surface area contributed by atoms with Crippen molar-refractivity contribution in [2.75, 3.05) is 7.11 Å². The van der Waals surface area contributed by atoms with Crippen LogP contribution in [0.2, 0.25) is 0 Å². The van der Waals surface area contributed by atoms with E-state index in [-0.39, 0.29) is 0 Å². The lowest BCUT2D eigenvalue weighted by atomic mass is 10.2. The van der Waals surface area contributed by atoms with Crippen molar-refractivity contribution in [3.05, 3.63) is 42.0 Å². The Labute approximate surface area is 83.2 Å². The standard InChI is InChI=1S/C12H10O2/c1-14-12-8-6-11(7-9-12)5-3-2-4-10-13/h2,4,6-10H,1H3. The van der Waals surface area contributed by atoms with Crippen molar-refractivity contribution in [3.8, 4) is 17.6 Å². The molecule has 0 fully saturated rings. The number of carbonyl (C=O) groups is 1. The number of rotatable bonds is 2. The van der Waals surface area contributed by atoms with Gasteiger partial charge in [0, 0.05) is 5.56 Å². The van der Waals surface area contributed by atoms with Crippen LogP contribution in [0.4, 0.5) is 0 Å². The van der Waals surface area contributed by atoms with E-state index in [1.165, 1.54) is 12.2 Å². The minimum atomic E-state index is 0.697. The molecule has 0 aliphatic heterocycles. The number of ether oxygens (including phenoxy) is 1. The van der Waals surface area contributed by atoms with Crippen molar-refractivity contribution >= 4 is 6.29 Å². The molecule has 0 heterocycles. The molecule has 0 unspecified atom stereocenters. The van der Waals surface area contributed by atoms with Crippen molar-refractivity contribution in [3.63, 3.8) is 0 Å². The highest BCUT2D eigenvalue weighted by molar-refractivity contribution is 5.65. The molecule has 1 rings (SSSR count). The summed E-state index contributed by atoms with van der Waals surface area (Å²) in [6.07, 6.45) is 3.57. The molecule has 0 saturated carbocycles. The van der Waals surface area contributed by atoms with E-state index in [9.17, 15) is 4.79 Å². The van der Waals surface area contributed by atoms with Crippen molar-refractivity contribution in [2.45, 2.75) is 0 Å². The topological polar surface area (TPSA) is 26.3 Å². The minimum absolute atomic E-state index is 0.697. The van der Waals surface area contributed by atoms with Crippen LogP contribution in [0.1, 0.15) is 5.56 Å². The van der Waals surface area contributed by atoms with Crippen LogP contribution in [-0.4, -0.2) is 13.4 Å². The van der Waals surface area contributed by atoms with Gasteiger partial charge in [-0.2, -0.15) is 0 Å². The number of carbonyl (C=O) groups excluding carboxylic acids is 1. The van der Waals surface area contributed by atoms with E-state index in [0.717, 1.165) is 11.3 Å². The first-order chi connectivity index (χ1) is 6.86. The van der Waals surface area contributed by atoms with Crippen LogP contribution in [0, 0.1) is 11.8 Å². The van der Waals surface area contributed by atoms with Crippen LogP contribution >= 0.6 is 0 Å². The summed E-state index contributed by atoms with van der Waals surface area (Å²) in [6, 6.07) is 7.40. The summed E-state index contributed by atoms with van der Waals surface area (Å²) < 4.78 is 5.00. The zero-order valence-electron chi connectivity index (χ0n) is 7.86. The van der Waals surface area contributed by atoms with Gasteiger partial charge in [-0.05, 0) is 36.4 Å². The Morgan fingerprint density at radius 2 is 2.00 bits per heavy atom. The smallest absolute Gasteiger partial charge is 0.143 e. The van der Waals surface area contributed by atoms with Gasteiger partial charge in [0.2, 0.25) is 0 Å². The van der Waals surface area contributed by atoms with E-state index in [1.807, 2.05) is 24.3 Å². The van der Waals surface area contributed by atoms with Crippen LogP contribution < -0.4 is 4.74 Å². The number of methoxy groups -OCH3 is 1. The zero-order valence-corrected chi connectivity index (χ0v) is 7.86. The molecule has 2 nitrogen and oxygen atoms in total. The number of hydrogen-bond donors (Lipinski definition) is 0. The van der Waals surface area contributed by atoms with Gasteiger partial charge < -0.3 is 4.74 Å². The fraction of sp³-hybridized carbons (Fsp3) is 0.0833. The molecule has 1 aromatic rings. The minimum Gasteiger partial charge on any atom is -0.497 e. The van der Waals surface area contributed by atoms with Crippen LogP contribution in [0.5, 0.6) is 5.75 Å². The molecule has 0 aromatic heterocycles. The third kappa shape index (κ3) is 3.16. The third-order valence-corrected chi connectivity index (χ3v) is 1.56. The van der Waals surface area contributed by atoms with Crippen LogP contribution in [-0.2, 0) is 4.79 Å². The van der Waals surface area contributed by atoms with Crippen molar-refractivity contribution in [1.82, 2.24) is 0 Å². The highest BCUT2D eigenvalue weighted by Gasteiger charge is 1.88. The number of hydrogen-bond acceptors (Lipinski definition) is 2. The second-order valence-electron chi connectivity index (χ2n) is 2.49. The summed E-state index contributed by atoms with van der Waals surface area (Å²) in [5, 5.41) is 0. The zero-order chi connectivity index (χ0) is 10.2. The monoisotopic (exact) mass is 186 g/mol. The normalized spacial score (nSPS) is 9.21. The van der Waals surface area contributed by atoms with Gasteiger partial charge in [-0.3, -0.25) is 4.79 Å². The maximum absolute atomic E-state index is 9.93. The van der Waals surface area contributed by atoms with E-state index >= 15 is 0 Å². The average Bonchev–Trinajstić information content (AvgIpc) is 2.25. The number of benzene rings is 1. The molecular formula is C12H10O2. The molecule has 0 bridgehead atoms. The van der Waals surface area contributed by atoms with Gasteiger partial charge in [0.25, 0.3) is 0 Å². The lowest BCUT2D eigenvalue weighted by Crippen LogP contribution is -1.81. The maximum Gasteiger partial charge on any atom is 0.143 e. The fourth-order valence-corrected chi connectivity index (χ4v) is 0.887. The quantitative estimate of drug-likeness (QED) is 0.400. The Morgan fingerprint density at radius 1 is 1.29 bits per heavy atom. The number of allylic oxidation sites excluding steroid dienone is 2. The first-order valence-electron chi connectivity index (χ1n) is 4.12. The van der Waals surface area contributed by atoms with E-state index in [2.05, 4.69) is 11.8 Å². The van der Waals surface area contributed by atoms with E-state index in [0.29, 0.717) is 6.29 Å². The van der Waals surface area contributed by atoms with Gasteiger partial charge >= 0.3 is 0 Å². The third-order valence-electron chi connectivity index (χ3n) is 1.56. The van der Waals surface area contributed by atoms with Gasteiger partial charge in [-0.15, -0.1) is 0 Å². The highest BCUT2D eigenvalue weighted by Crippen LogP contribution is 2.09. The summed E-state index contributed by atoms with van der Waals surface area (Å²) in [6.45, 7) is 0. The van der Waals surface area contributed by atoms with Crippen LogP contribution in [0.25, 0.3) is 0 Å². The summed E-state index contributed by atoms with van der Waals surface area (Å²) >= 11 is 0. The molecule has 0 amide bonds. The molecule has 0 radical (unpaired) electrons. The molecule has 0 spiro atoms. The van der Waals surface area contributed by atoms with Gasteiger partial charge in [0.15, 0.2) is 0 Å². The van der Waals surface area contributed by atoms with E-state index in [1.54, 1.807) is 7.11 Å². The molecule has 0 N–H and O–H groups in total. The van der Waals surface area contributed by atoms with Crippen LogP contribution in [0.15, 0.2) is 36.4 Å². The van der Waals surface area contributed by atoms with Gasteiger partial charge in [-0.1, -0.05) is 11.8 Å². The van der Waals surface area contributed by atoms with E-state index < -0.39 is 0 Å². The summed E-state index contributed by atoms with van der Waals surface area (Å²) in [5.74, 6) is 6.42. The summed E-state index contributed by atoms with van der Waals surface area (Å²) in [4.78, 5) is 9.93. The second kappa shape index (κ2) is 5.60. The van der Waals surface area contributed by atoms with E-state index in [4.69, 9.17) is 4.74 Å². The number of aldehydes is 1. The van der Waals surface area contributed by atoms with Crippen molar-refractivity contribution in [2.24, 2.45) is 0 Å². The Kier molecular flexibility index (Phi) is 4.03. The SMILES string of the molecule is COc1ccc(C#CC=CC=O)cc1. The average molecular weight is 186 g/mol. The molecule has 14 heavy (non-hydrogen) atoms. The summed E-state index contributed by atoms with van der Waals surface area (Å²) in [5.41, 5.74) is 0.890. The summed E-state index contributed by atoms with van der Waals surface area (Å²) in [7, 11) is 1.62. The Balaban J connectivity index is 2.71. The maximum atomic E-state index is 9.93. The van der Waals surface area contributed by atoms with Gasteiger partial charge in [0.05, 0.1) is 7.11 Å². The molecule has 0 aliphatic rings. The molecule has 2 heteroatoms. The molecular weight excluding hydrogens is 176 g/mol. The largest absolute Gasteiger partial charge is 0.497 e. The van der Waals surface area contributed by atoms with Gasteiger partial charge in [0.1, 0.15) is 12.0 Å². The molecule has 70 valence electrons. The van der Waals surface area contributed by atoms with Crippen molar-refractivity contribution in [1.29, 1.82) is 0 Å². The van der Waals surface area contributed by atoms with Gasteiger partial charge in [-0.25, -0.2) is 0 Å². The Hall–Kier alpha value is -2.01. The first kappa shape index (κ1) is 10.1. The molecule has 0 saturated heterocycles. The highest BCUT2D eigenvalue weighted by atomic mass is 16.5. The first-order valence-corrected chi connectivity index (χ1v) is 4.12. The van der Waals surface area contributed by atoms with Crippen LogP contribution in [0.3, 0.4) is 0 Å². The molecule has 1 aromatic carbocycles. The Morgan fingerprint density at radius 3 is 2.57 bits per heavy atom. The molecule has 0 aliphatic carbocycles.